The molecule has 5 nitrogen and oxygen atoms in total. The molecule has 1 heterocycles. The van der Waals surface area contributed by atoms with Crippen LogP contribution in [0.25, 0.3) is 0 Å². The smallest absolute Gasteiger partial charge is 0.388 e. The fourth-order valence-corrected chi connectivity index (χ4v) is 1.11. The molecule has 0 amide bonds. The summed E-state index contributed by atoms with van der Waals surface area (Å²) in [5, 5.41) is 0. The first-order chi connectivity index (χ1) is 6.39. The Balaban J connectivity index is 0.00000196. The van der Waals surface area contributed by atoms with Crippen LogP contribution in [0.3, 0.4) is 0 Å². The van der Waals surface area contributed by atoms with Crippen LogP contribution in [-0.4, -0.2) is 24.6 Å². The van der Waals surface area contributed by atoms with Crippen LogP contribution in [0.4, 0.5) is 8.78 Å². The van der Waals surface area contributed by atoms with Crippen LogP contribution < -0.4 is 4.74 Å². The lowest BCUT2D eigenvalue weighted by molar-refractivity contribution is -0.0529. The maximum atomic E-state index is 11.6. The fourth-order valence-electron chi connectivity index (χ4n) is 0.680. The van der Waals surface area contributed by atoms with Crippen molar-refractivity contribution in [1.82, 2.24) is 4.98 Å². The van der Waals surface area contributed by atoms with Crippen molar-refractivity contribution in [3.63, 3.8) is 0 Å². The predicted molar refractivity (Wildman–Crippen MR) is 47.9 cm³/mol. The third kappa shape index (κ3) is 4.36. The van der Waals surface area contributed by atoms with E-state index in [1.165, 1.54) is 0 Å². The van der Waals surface area contributed by atoms with E-state index in [0.717, 1.165) is 12.1 Å². The van der Waals surface area contributed by atoms with Crippen LogP contribution in [0.5, 0.6) is 5.88 Å². The van der Waals surface area contributed by atoms with E-state index < -0.39 is 27.5 Å². The Labute approximate surface area is 90.2 Å². The van der Waals surface area contributed by atoms with E-state index in [9.17, 15) is 17.2 Å². The Morgan fingerprint density at radius 2 is 2.00 bits per heavy atom. The number of aromatic nitrogens is 1. The molecule has 86 valence electrons. The zero-order chi connectivity index (χ0) is 10.8. The third-order valence-corrected chi connectivity index (χ3v) is 2.05. The Bertz CT molecular complexity index is 408. The van der Waals surface area contributed by atoms with Gasteiger partial charge in [0.1, 0.15) is 4.90 Å². The minimum Gasteiger partial charge on any atom is -0.417 e. The van der Waals surface area contributed by atoms with Crippen molar-refractivity contribution >= 4 is 22.5 Å². The van der Waals surface area contributed by atoms with Gasteiger partial charge in [0.2, 0.25) is 5.88 Å². The lowest BCUT2D eigenvalue weighted by Gasteiger charge is -2.02. The molecule has 0 fully saturated rings. The molecule has 1 aromatic rings. The second-order valence-electron chi connectivity index (χ2n) is 2.19. The summed E-state index contributed by atoms with van der Waals surface area (Å²) in [5.74, 6) is -0.424. The molecule has 0 saturated heterocycles. The van der Waals surface area contributed by atoms with Gasteiger partial charge in [-0.15, -0.1) is 12.4 Å². The summed E-state index contributed by atoms with van der Waals surface area (Å²) < 4.78 is 56.6. The van der Waals surface area contributed by atoms with Gasteiger partial charge in [-0.3, -0.25) is 4.55 Å². The lowest BCUT2D eigenvalue weighted by atomic mass is 10.5. The third-order valence-electron chi connectivity index (χ3n) is 1.22. The quantitative estimate of drug-likeness (QED) is 0.831. The number of hydrogen-bond donors (Lipinski definition) is 1. The van der Waals surface area contributed by atoms with Gasteiger partial charge >= 0.3 is 6.61 Å². The molecule has 1 aromatic heterocycles. The second kappa shape index (κ2) is 5.19. The minimum absolute atomic E-state index is 0. The summed E-state index contributed by atoms with van der Waals surface area (Å²) in [5.41, 5.74) is 0. The molecule has 1 N–H and O–H groups in total. The van der Waals surface area contributed by atoms with E-state index in [-0.39, 0.29) is 12.4 Å². The number of alkyl halides is 2. The van der Waals surface area contributed by atoms with Crippen LogP contribution in [0.1, 0.15) is 0 Å². The van der Waals surface area contributed by atoms with Gasteiger partial charge in [-0.25, -0.2) is 4.98 Å². The molecule has 0 aliphatic carbocycles. The first kappa shape index (κ1) is 14.0. The first-order valence-electron chi connectivity index (χ1n) is 3.28. The topological polar surface area (TPSA) is 76.5 Å². The normalized spacial score (nSPS) is 10.9. The van der Waals surface area contributed by atoms with Crippen LogP contribution in [-0.2, 0) is 10.1 Å². The van der Waals surface area contributed by atoms with Gasteiger partial charge < -0.3 is 4.74 Å². The number of halogens is 3. The SMILES string of the molecule is Cl.O=S(=O)(O)c1ccc(OC(F)F)nc1. The largest absolute Gasteiger partial charge is 0.417 e. The molecule has 9 heteroatoms. The van der Waals surface area contributed by atoms with E-state index in [1.54, 1.807) is 0 Å². The van der Waals surface area contributed by atoms with E-state index in [2.05, 4.69) is 9.72 Å². The highest BCUT2D eigenvalue weighted by Gasteiger charge is 2.11. The molecule has 0 atom stereocenters. The minimum atomic E-state index is -4.35. The van der Waals surface area contributed by atoms with E-state index >= 15 is 0 Å². The number of ether oxygens (including phenoxy) is 1. The highest BCUT2D eigenvalue weighted by atomic mass is 35.5. The van der Waals surface area contributed by atoms with Crippen molar-refractivity contribution < 1.29 is 26.5 Å². The predicted octanol–water partition coefficient (Wildman–Crippen LogP) is 1.35. The van der Waals surface area contributed by atoms with Gasteiger partial charge in [0, 0.05) is 6.07 Å². The average Bonchev–Trinajstić information content (AvgIpc) is 2.02. The van der Waals surface area contributed by atoms with Crippen molar-refractivity contribution in [3.8, 4) is 5.88 Å². The van der Waals surface area contributed by atoms with Crippen LogP contribution in [0.15, 0.2) is 23.2 Å². The van der Waals surface area contributed by atoms with Gasteiger partial charge in [-0.2, -0.15) is 17.2 Å². The van der Waals surface area contributed by atoms with Gasteiger partial charge in [0.05, 0.1) is 6.20 Å². The molecular formula is C6H6ClF2NO4S. The highest BCUT2D eigenvalue weighted by Crippen LogP contribution is 2.13. The molecule has 0 spiro atoms. The van der Waals surface area contributed by atoms with Crippen LogP contribution in [0.2, 0.25) is 0 Å². The van der Waals surface area contributed by atoms with Crippen LogP contribution in [0, 0.1) is 0 Å². The maximum absolute atomic E-state index is 11.6. The Kier molecular flexibility index (Phi) is 4.85. The van der Waals surface area contributed by atoms with Crippen molar-refractivity contribution in [3.05, 3.63) is 18.3 Å². The first-order valence-corrected chi connectivity index (χ1v) is 4.72. The molecule has 0 aliphatic heterocycles. The summed E-state index contributed by atoms with van der Waals surface area (Å²) in [7, 11) is -4.35. The van der Waals surface area contributed by atoms with Gasteiger partial charge in [-0.05, 0) is 6.07 Å². The van der Waals surface area contributed by atoms with Crippen molar-refractivity contribution in [1.29, 1.82) is 0 Å². The van der Waals surface area contributed by atoms with E-state index in [0.29, 0.717) is 6.20 Å². The van der Waals surface area contributed by atoms with Crippen LogP contribution >= 0.6 is 12.4 Å². The van der Waals surface area contributed by atoms with Crippen molar-refractivity contribution in [2.24, 2.45) is 0 Å². The lowest BCUT2D eigenvalue weighted by Crippen LogP contribution is -2.04. The number of rotatable bonds is 3. The average molecular weight is 262 g/mol. The molecule has 15 heavy (non-hydrogen) atoms. The molecule has 0 bridgehead atoms. The summed E-state index contributed by atoms with van der Waals surface area (Å²) in [4.78, 5) is 2.76. The second-order valence-corrected chi connectivity index (χ2v) is 3.61. The zero-order valence-corrected chi connectivity index (χ0v) is 8.63. The van der Waals surface area contributed by atoms with Crippen molar-refractivity contribution in [2.45, 2.75) is 11.5 Å². The monoisotopic (exact) mass is 261 g/mol. The number of nitrogens with zero attached hydrogens (tertiary/aromatic N) is 1. The Hall–Kier alpha value is -0.990. The fraction of sp³-hybridized carbons (Fsp3) is 0.167. The Morgan fingerprint density at radius 3 is 2.33 bits per heavy atom. The van der Waals surface area contributed by atoms with Gasteiger partial charge in [-0.1, -0.05) is 0 Å². The molecular weight excluding hydrogens is 256 g/mol. The van der Waals surface area contributed by atoms with Gasteiger partial charge in [0.25, 0.3) is 10.1 Å². The van der Waals surface area contributed by atoms with E-state index in [4.69, 9.17) is 4.55 Å². The summed E-state index contributed by atoms with van der Waals surface area (Å²) in [6.07, 6.45) is 0.715. The molecule has 0 unspecified atom stereocenters. The highest BCUT2D eigenvalue weighted by molar-refractivity contribution is 7.85. The summed E-state index contributed by atoms with van der Waals surface area (Å²) in [6.45, 7) is -3.03. The Morgan fingerprint density at radius 1 is 1.40 bits per heavy atom. The number of pyridine rings is 1. The molecule has 0 aliphatic rings. The summed E-state index contributed by atoms with van der Waals surface area (Å²) in [6, 6.07) is 1.81. The maximum Gasteiger partial charge on any atom is 0.388 e. The molecule has 0 radical (unpaired) electrons. The zero-order valence-electron chi connectivity index (χ0n) is 7.00. The molecule has 0 aromatic carbocycles. The summed E-state index contributed by atoms with van der Waals surface area (Å²) >= 11 is 0. The molecule has 0 saturated carbocycles. The van der Waals surface area contributed by atoms with E-state index in [1.807, 2.05) is 0 Å². The van der Waals surface area contributed by atoms with Crippen molar-refractivity contribution in [2.75, 3.05) is 0 Å². The number of hydrogen-bond acceptors (Lipinski definition) is 4. The standard InChI is InChI=1S/C6H5F2NO4S.ClH/c7-6(8)13-5-2-1-4(3-9-5)14(10,11)12;/h1-3,6H,(H,10,11,12);1H. The molecule has 1 rings (SSSR count). The van der Waals surface area contributed by atoms with Gasteiger partial charge in [0.15, 0.2) is 0 Å².